The zero-order valence-electron chi connectivity index (χ0n) is 10.5. The molecule has 1 amide bonds. The van der Waals surface area contributed by atoms with Gasteiger partial charge >= 0.3 is 12.1 Å². The van der Waals surface area contributed by atoms with E-state index in [2.05, 4.69) is 5.32 Å². The van der Waals surface area contributed by atoms with Gasteiger partial charge in [0, 0.05) is 18.5 Å². The first-order chi connectivity index (χ1) is 9.38. The third-order valence-electron chi connectivity index (χ3n) is 3.35. The Labute approximate surface area is 113 Å². The highest BCUT2D eigenvalue weighted by Crippen LogP contribution is 2.27. The van der Waals surface area contributed by atoms with Crippen molar-refractivity contribution in [1.82, 2.24) is 10.6 Å². The van der Waals surface area contributed by atoms with E-state index in [1.54, 1.807) is 0 Å². The number of piperidine rings is 1. The summed E-state index contributed by atoms with van der Waals surface area (Å²) >= 11 is 0. The largest absolute Gasteiger partial charge is 0.471 e. The molecule has 1 aromatic rings. The summed E-state index contributed by atoms with van der Waals surface area (Å²) in [5.41, 5.74) is 0.723. The Morgan fingerprint density at radius 3 is 2.50 bits per heavy atom. The Hall–Kier alpha value is -1.63. The quantitative estimate of drug-likeness (QED) is 0.817. The third-order valence-corrected chi connectivity index (χ3v) is 3.35. The summed E-state index contributed by atoms with van der Waals surface area (Å²) in [4.78, 5) is 11.0. The average molecular weight is 290 g/mol. The van der Waals surface area contributed by atoms with Gasteiger partial charge in [-0.3, -0.25) is 4.79 Å². The zero-order valence-corrected chi connectivity index (χ0v) is 10.5. The molecular weight excluding hydrogens is 276 g/mol. The molecule has 110 valence electrons. The van der Waals surface area contributed by atoms with Crippen LogP contribution in [-0.4, -0.2) is 31.2 Å². The van der Waals surface area contributed by atoms with E-state index < -0.39 is 23.9 Å². The summed E-state index contributed by atoms with van der Waals surface area (Å²) in [5, 5.41) is 4.95. The molecule has 3 nitrogen and oxygen atoms in total. The fourth-order valence-corrected chi connectivity index (χ4v) is 2.37. The summed E-state index contributed by atoms with van der Waals surface area (Å²) in [6, 6.07) is 4.94. The van der Waals surface area contributed by atoms with Gasteiger partial charge in [0.05, 0.1) is 0 Å². The Bertz CT molecular complexity index is 472. The SMILES string of the molecule is O=C(N[C@@H]1CNCC[C@@H]1c1ccc(F)cc1)C(F)(F)F. The maximum atomic E-state index is 12.9. The molecule has 2 rings (SSSR count). The first-order valence-electron chi connectivity index (χ1n) is 6.22. The first-order valence-corrected chi connectivity index (χ1v) is 6.22. The fourth-order valence-electron chi connectivity index (χ4n) is 2.37. The molecule has 2 N–H and O–H groups in total. The van der Waals surface area contributed by atoms with Crippen molar-refractivity contribution in [3.63, 3.8) is 0 Å². The van der Waals surface area contributed by atoms with Crippen LogP contribution in [0.5, 0.6) is 0 Å². The van der Waals surface area contributed by atoms with Gasteiger partial charge in [-0.25, -0.2) is 4.39 Å². The van der Waals surface area contributed by atoms with Crippen molar-refractivity contribution in [2.24, 2.45) is 0 Å². The lowest BCUT2D eigenvalue weighted by molar-refractivity contribution is -0.174. The van der Waals surface area contributed by atoms with Crippen molar-refractivity contribution in [2.75, 3.05) is 13.1 Å². The van der Waals surface area contributed by atoms with Crippen LogP contribution in [-0.2, 0) is 4.79 Å². The molecule has 1 aromatic carbocycles. The van der Waals surface area contributed by atoms with Crippen LogP contribution < -0.4 is 10.6 Å². The molecule has 0 aliphatic carbocycles. The van der Waals surface area contributed by atoms with Gasteiger partial charge in [-0.2, -0.15) is 13.2 Å². The molecule has 1 aliphatic heterocycles. The second-order valence-electron chi connectivity index (χ2n) is 4.73. The molecule has 0 aromatic heterocycles. The molecule has 1 fully saturated rings. The zero-order chi connectivity index (χ0) is 14.8. The minimum absolute atomic E-state index is 0.254. The standard InChI is InChI=1S/C13H14F4N2O/c14-9-3-1-8(2-4-9)10-5-6-18-7-11(10)19-12(20)13(15,16)17/h1-4,10-11,18H,5-7H2,(H,19,20)/t10-,11-/m1/s1. The molecule has 20 heavy (non-hydrogen) atoms. The lowest BCUT2D eigenvalue weighted by Gasteiger charge is -2.33. The highest BCUT2D eigenvalue weighted by molar-refractivity contribution is 5.82. The van der Waals surface area contributed by atoms with Gasteiger partial charge < -0.3 is 10.6 Å². The number of alkyl halides is 3. The summed E-state index contributed by atoms with van der Waals surface area (Å²) in [6.45, 7) is 0.893. The predicted octanol–water partition coefficient (Wildman–Crippen LogP) is 1.95. The molecule has 0 radical (unpaired) electrons. The topological polar surface area (TPSA) is 41.1 Å². The van der Waals surface area contributed by atoms with E-state index in [9.17, 15) is 22.4 Å². The molecule has 2 atom stereocenters. The lowest BCUT2D eigenvalue weighted by Crippen LogP contribution is -2.53. The summed E-state index contributed by atoms with van der Waals surface area (Å²) in [7, 11) is 0. The van der Waals surface area contributed by atoms with Crippen LogP contribution in [0.1, 0.15) is 17.9 Å². The van der Waals surface area contributed by atoms with Gasteiger partial charge in [-0.05, 0) is 30.7 Å². The normalized spacial score (nSPS) is 23.4. The highest BCUT2D eigenvalue weighted by atomic mass is 19.4. The van der Waals surface area contributed by atoms with E-state index in [0.29, 0.717) is 13.0 Å². The summed E-state index contributed by atoms with van der Waals surface area (Å²) in [6.07, 6.45) is -4.32. The van der Waals surface area contributed by atoms with Crippen molar-refractivity contribution in [1.29, 1.82) is 0 Å². The number of carbonyl (C=O) groups excluding carboxylic acids is 1. The first kappa shape index (κ1) is 14.8. The lowest BCUT2D eigenvalue weighted by atomic mass is 9.86. The highest BCUT2D eigenvalue weighted by Gasteiger charge is 2.41. The number of nitrogens with one attached hydrogen (secondary N) is 2. The van der Waals surface area contributed by atoms with Crippen LogP contribution in [0.25, 0.3) is 0 Å². The van der Waals surface area contributed by atoms with Crippen molar-refractivity contribution in [2.45, 2.75) is 24.6 Å². The van der Waals surface area contributed by atoms with Gasteiger partial charge in [0.15, 0.2) is 0 Å². The van der Waals surface area contributed by atoms with E-state index >= 15 is 0 Å². The van der Waals surface area contributed by atoms with Crippen LogP contribution in [0.4, 0.5) is 17.6 Å². The Morgan fingerprint density at radius 2 is 1.90 bits per heavy atom. The molecule has 1 heterocycles. The van der Waals surface area contributed by atoms with Gasteiger partial charge in [0.2, 0.25) is 0 Å². The van der Waals surface area contributed by atoms with Crippen LogP contribution in [0, 0.1) is 5.82 Å². The van der Waals surface area contributed by atoms with Crippen LogP contribution in [0.3, 0.4) is 0 Å². The Balaban J connectivity index is 2.13. The summed E-state index contributed by atoms with van der Waals surface area (Å²) < 4.78 is 49.8. The van der Waals surface area contributed by atoms with Gasteiger partial charge in [-0.1, -0.05) is 12.1 Å². The van der Waals surface area contributed by atoms with Crippen molar-refractivity contribution < 1.29 is 22.4 Å². The van der Waals surface area contributed by atoms with Gasteiger partial charge in [0.1, 0.15) is 5.82 Å². The Kier molecular flexibility index (Phi) is 4.27. The van der Waals surface area contributed by atoms with Crippen LogP contribution >= 0.6 is 0 Å². The Morgan fingerprint density at radius 1 is 1.25 bits per heavy atom. The molecular formula is C13H14F4N2O. The number of hydrogen-bond donors (Lipinski definition) is 2. The van der Waals surface area contributed by atoms with E-state index in [1.165, 1.54) is 24.3 Å². The van der Waals surface area contributed by atoms with E-state index in [4.69, 9.17) is 0 Å². The molecule has 1 saturated heterocycles. The van der Waals surface area contributed by atoms with Crippen molar-refractivity contribution in [3.8, 4) is 0 Å². The molecule has 0 bridgehead atoms. The number of carbonyl (C=O) groups is 1. The number of hydrogen-bond acceptors (Lipinski definition) is 2. The predicted molar refractivity (Wildman–Crippen MR) is 64.6 cm³/mol. The number of rotatable bonds is 2. The van der Waals surface area contributed by atoms with E-state index in [-0.39, 0.29) is 12.5 Å². The molecule has 7 heteroatoms. The monoisotopic (exact) mass is 290 g/mol. The molecule has 0 unspecified atom stereocenters. The number of benzene rings is 1. The maximum Gasteiger partial charge on any atom is 0.471 e. The fraction of sp³-hybridized carbons (Fsp3) is 0.462. The van der Waals surface area contributed by atoms with Gasteiger partial charge in [-0.15, -0.1) is 0 Å². The molecule has 1 aliphatic rings. The number of halogens is 4. The second kappa shape index (κ2) is 5.78. The van der Waals surface area contributed by atoms with E-state index in [0.717, 1.165) is 5.56 Å². The second-order valence-corrected chi connectivity index (χ2v) is 4.73. The molecule has 0 saturated carbocycles. The van der Waals surface area contributed by atoms with Crippen LogP contribution in [0.15, 0.2) is 24.3 Å². The minimum Gasteiger partial charge on any atom is -0.344 e. The van der Waals surface area contributed by atoms with Crippen LogP contribution in [0.2, 0.25) is 0 Å². The maximum absolute atomic E-state index is 12.9. The van der Waals surface area contributed by atoms with E-state index in [1.807, 2.05) is 5.32 Å². The van der Waals surface area contributed by atoms with Crippen molar-refractivity contribution in [3.05, 3.63) is 35.6 Å². The van der Waals surface area contributed by atoms with Gasteiger partial charge in [0.25, 0.3) is 0 Å². The van der Waals surface area contributed by atoms with Crippen molar-refractivity contribution >= 4 is 5.91 Å². The average Bonchev–Trinajstić information content (AvgIpc) is 2.39. The molecule has 0 spiro atoms. The third kappa shape index (κ3) is 3.47. The minimum atomic E-state index is -4.90. The number of amides is 1. The smallest absolute Gasteiger partial charge is 0.344 e. The summed E-state index contributed by atoms with van der Waals surface area (Å²) in [5.74, 6) is -2.61.